The normalized spacial score (nSPS) is 19.3. The number of methoxy groups -OCH3 is 2. The van der Waals surface area contributed by atoms with Crippen molar-refractivity contribution in [2.75, 3.05) is 26.6 Å². The number of hydrogen-bond acceptors (Lipinski definition) is 9. The molecule has 3 aromatic rings. The van der Waals surface area contributed by atoms with Gasteiger partial charge in [0, 0.05) is 12.6 Å². The Bertz CT molecular complexity index is 1170. The molecule has 2 heterocycles. The number of hydrogen-bond donors (Lipinski definition) is 1. The highest BCUT2D eigenvalue weighted by Gasteiger charge is 2.38. The number of aromatic nitrogens is 2. The Kier molecular flexibility index (Phi) is 8.48. The lowest BCUT2D eigenvalue weighted by Crippen LogP contribution is -2.28. The summed E-state index contributed by atoms with van der Waals surface area (Å²) in [5.74, 6) is 2.13. The zero-order valence-electron chi connectivity index (χ0n) is 19.4. The minimum Gasteiger partial charge on any atom is -0.497 e. The van der Waals surface area contributed by atoms with Crippen molar-refractivity contribution in [1.82, 2.24) is 9.55 Å². The highest BCUT2D eigenvalue weighted by atomic mass is 35.5. The smallest absolute Gasteiger partial charge is 0.463 e. The van der Waals surface area contributed by atoms with Crippen LogP contribution in [0.1, 0.15) is 12.6 Å². The van der Waals surface area contributed by atoms with Crippen molar-refractivity contribution < 1.29 is 32.2 Å². The quantitative estimate of drug-likeness (QED) is 0.371. The molecule has 4 rings (SSSR count). The molecule has 3 unspecified atom stereocenters. The molecule has 10 nitrogen and oxygen atoms in total. The van der Waals surface area contributed by atoms with Crippen LogP contribution in [-0.2, 0) is 9.26 Å². The number of ether oxygens (including phenoxy) is 3. The van der Waals surface area contributed by atoms with Crippen molar-refractivity contribution in [2.24, 2.45) is 0 Å². The Balaban J connectivity index is 1.44. The number of rotatable bonds is 10. The first-order valence-electron chi connectivity index (χ1n) is 10.8. The average Bonchev–Trinajstić information content (AvgIpc) is 3.25. The number of alkyl halides is 1. The molecule has 192 valence electrons. The van der Waals surface area contributed by atoms with Crippen LogP contribution in [0.15, 0.2) is 59.5 Å². The number of halogens is 2. The number of nitrogens with two attached hydrogens (primary N) is 1. The molecule has 1 aliphatic rings. The second kappa shape index (κ2) is 11.7. The van der Waals surface area contributed by atoms with Gasteiger partial charge < -0.3 is 29.0 Å². The van der Waals surface area contributed by atoms with E-state index in [0.717, 1.165) is 4.57 Å². The van der Waals surface area contributed by atoms with Gasteiger partial charge in [0.25, 0.3) is 0 Å². The lowest BCUT2D eigenvalue weighted by atomic mass is 10.2. The molecule has 1 fully saturated rings. The summed E-state index contributed by atoms with van der Waals surface area (Å²) in [5, 5.41) is 0.0672. The molecule has 13 heteroatoms. The maximum Gasteiger partial charge on any atom is 0.463 e. The molecule has 1 aromatic heterocycles. The van der Waals surface area contributed by atoms with Crippen LogP contribution in [0.5, 0.6) is 23.0 Å². The molecule has 0 aliphatic carbocycles. The largest absolute Gasteiger partial charge is 0.497 e. The van der Waals surface area contributed by atoms with Gasteiger partial charge in [-0.2, -0.15) is 4.98 Å². The topological polar surface area (TPSA) is 116 Å². The number of nitrogens with zero attached hydrogens (tertiary/aromatic N) is 2. The Labute approximate surface area is 212 Å². The van der Waals surface area contributed by atoms with Crippen molar-refractivity contribution in [3.63, 3.8) is 0 Å². The number of anilines is 1. The van der Waals surface area contributed by atoms with Crippen LogP contribution < -0.4 is 29.9 Å². The fourth-order valence-electron chi connectivity index (χ4n) is 3.32. The van der Waals surface area contributed by atoms with E-state index >= 15 is 0 Å². The number of nitrogen functional groups attached to an aromatic ring is 1. The zero-order chi connectivity index (χ0) is 25.7. The molecule has 0 spiro atoms. The van der Waals surface area contributed by atoms with Gasteiger partial charge in [-0.25, -0.2) is 9.18 Å². The summed E-state index contributed by atoms with van der Waals surface area (Å²) in [6.45, 7) is -0.194. The standard InChI is InChI=1S/C23H24ClFN3O7P/c1-30-14-3-7-16(8-4-14)34-36(35-17-9-5-15(31-2)6-10-17)32-13-20-19(25)11-21(33-20)28-12-18(24)22(26)27-23(28)29/h3-10,12,19-21H,11,13H2,1-2H3,(H2,26,27,29). The molecule has 1 aliphatic heterocycles. The van der Waals surface area contributed by atoms with E-state index < -0.39 is 32.8 Å². The maximum absolute atomic E-state index is 14.8. The molecule has 1 saturated heterocycles. The summed E-state index contributed by atoms with van der Waals surface area (Å²) in [7, 11) is 1.11. The maximum atomic E-state index is 14.8. The molecule has 0 radical (unpaired) electrons. The monoisotopic (exact) mass is 539 g/mol. The highest BCUT2D eigenvalue weighted by molar-refractivity contribution is 7.42. The summed E-state index contributed by atoms with van der Waals surface area (Å²) in [6, 6.07) is 13.7. The summed E-state index contributed by atoms with van der Waals surface area (Å²) in [6.07, 6.45) is -2.13. The van der Waals surface area contributed by atoms with Gasteiger partial charge in [-0.05, 0) is 48.5 Å². The van der Waals surface area contributed by atoms with E-state index in [0.29, 0.717) is 23.0 Å². The van der Waals surface area contributed by atoms with Crippen LogP contribution in [0, 0.1) is 0 Å². The van der Waals surface area contributed by atoms with Gasteiger partial charge in [0.1, 0.15) is 47.3 Å². The Morgan fingerprint density at radius 1 is 1.06 bits per heavy atom. The van der Waals surface area contributed by atoms with E-state index in [2.05, 4.69) is 4.98 Å². The predicted octanol–water partition coefficient (Wildman–Crippen LogP) is 4.52. The van der Waals surface area contributed by atoms with Gasteiger partial charge in [0.15, 0.2) is 0 Å². The van der Waals surface area contributed by atoms with Gasteiger partial charge in [-0.3, -0.25) is 9.09 Å². The molecule has 2 N–H and O–H groups in total. The molecule has 2 aromatic carbocycles. The van der Waals surface area contributed by atoms with Gasteiger partial charge in [0.2, 0.25) is 0 Å². The van der Waals surface area contributed by atoms with Gasteiger partial charge >= 0.3 is 14.3 Å². The van der Waals surface area contributed by atoms with E-state index in [1.807, 2.05) is 0 Å². The van der Waals surface area contributed by atoms with E-state index in [1.165, 1.54) is 6.20 Å². The summed E-state index contributed by atoms with van der Waals surface area (Å²) >= 11 is 5.96. The van der Waals surface area contributed by atoms with E-state index in [4.69, 9.17) is 45.1 Å². The fourth-order valence-corrected chi connectivity index (χ4v) is 4.47. The lowest BCUT2D eigenvalue weighted by molar-refractivity contribution is -0.0317. The van der Waals surface area contributed by atoms with Crippen molar-refractivity contribution >= 4 is 26.0 Å². The first kappa shape index (κ1) is 26.0. The highest BCUT2D eigenvalue weighted by Crippen LogP contribution is 2.43. The Hall–Kier alpha value is -3.11. The Morgan fingerprint density at radius 2 is 1.58 bits per heavy atom. The lowest BCUT2D eigenvalue weighted by Gasteiger charge is -2.20. The van der Waals surface area contributed by atoms with Gasteiger partial charge in [-0.15, -0.1) is 0 Å². The molecule has 0 saturated carbocycles. The van der Waals surface area contributed by atoms with Gasteiger partial charge in [-0.1, -0.05) is 11.6 Å². The van der Waals surface area contributed by atoms with Crippen LogP contribution in [0.2, 0.25) is 5.02 Å². The molecule has 0 bridgehead atoms. The van der Waals surface area contributed by atoms with Crippen molar-refractivity contribution in [2.45, 2.75) is 24.9 Å². The third-order valence-electron chi connectivity index (χ3n) is 5.23. The van der Waals surface area contributed by atoms with E-state index in [1.54, 1.807) is 62.8 Å². The third-order valence-corrected chi connectivity index (χ3v) is 6.60. The first-order valence-corrected chi connectivity index (χ1v) is 12.2. The number of benzene rings is 2. The SMILES string of the molecule is COc1ccc(OP(OCC2OC(n3cc(Cl)c(N)nc3=O)CC2F)Oc2ccc(OC)cc2)cc1. The zero-order valence-corrected chi connectivity index (χ0v) is 21.0. The summed E-state index contributed by atoms with van der Waals surface area (Å²) < 4.78 is 49.6. The Morgan fingerprint density at radius 3 is 2.11 bits per heavy atom. The molecular formula is C23H24ClFN3O7P. The van der Waals surface area contributed by atoms with Gasteiger partial charge in [0.05, 0.1) is 25.8 Å². The summed E-state index contributed by atoms with van der Waals surface area (Å²) in [4.78, 5) is 15.8. The van der Waals surface area contributed by atoms with Crippen LogP contribution >= 0.6 is 20.2 Å². The second-order valence-electron chi connectivity index (χ2n) is 7.60. The molecule has 36 heavy (non-hydrogen) atoms. The minimum absolute atomic E-state index is 0.0672. The van der Waals surface area contributed by atoms with Crippen molar-refractivity contribution in [3.8, 4) is 23.0 Å². The fraction of sp³-hybridized carbons (Fsp3) is 0.304. The average molecular weight is 540 g/mol. The predicted molar refractivity (Wildman–Crippen MR) is 131 cm³/mol. The van der Waals surface area contributed by atoms with Crippen molar-refractivity contribution in [3.05, 3.63) is 70.2 Å². The molecule has 0 amide bonds. The first-order chi connectivity index (χ1) is 17.4. The third kappa shape index (κ3) is 6.36. The van der Waals surface area contributed by atoms with Crippen LogP contribution in [0.25, 0.3) is 0 Å². The van der Waals surface area contributed by atoms with E-state index in [-0.39, 0.29) is 23.9 Å². The summed E-state index contributed by atoms with van der Waals surface area (Å²) in [5.41, 5.74) is 4.86. The van der Waals surface area contributed by atoms with E-state index in [9.17, 15) is 9.18 Å². The minimum atomic E-state index is -2.01. The van der Waals surface area contributed by atoms with Crippen molar-refractivity contribution in [1.29, 1.82) is 0 Å². The van der Waals surface area contributed by atoms with Crippen LogP contribution in [-0.4, -0.2) is 42.7 Å². The van der Waals surface area contributed by atoms with Crippen LogP contribution in [0.4, 0.5) is 10.2 Å². The molecular weight excluding hydrogens is 516 g/mol. The molecule has 3 atom stereocenters. The second-order valence-corrected chi connectivity index (χ2v) is 9.08. The van der Waals surface area contributed by atoms with Crippen LogP contribution in [0.3, 0.4) is 0 Å².